The number of rotatable bonds is 3. The monoisotopic (exact) mass is 459 g/mol. The van der Waals surface area contributed by atoms with Gasteiger partial charge in [0.2, 0.25) is 5.88 Å². The van der Waals surface area contributed by atoms with Crippen LogP contribution in [0.5, 0.6) is 0 Å². The fourth-order valence-electron chi connectivity index (χ4n) is 4.21. The third-order valence-corrected chi connectivity index (χ3v) is 7.61. The number of ether oxygens (including phenoxy) is 1. The molecule has 5 rings (SSSR count). The van der Waals surface area contributed by atoms with Gasteiger partial charge in [-0.2, -0.15) is 5.26 Å². The van der Waals surface area contributed by atoms with Crippen LogP contribution >= 0.6 is 0 Å². The maximum atomic E-state index is 14.1. The highest BCUT2D eigenvalue weighted by molar-refractivity contribution is 7.96. The molecule has 3 aromatic rings. The van der Waals surface area contributed by atoms with Crippen LogP contribution in [0.25, 0.3) is 5.76 Å². The smallest absolute Gasteiger partial charge is 0.265 e. The van der Waals surface area contributed by atoms with Crippen LogP contribution in [0.1, 0.15) is 22.6 Å². The Kier molecular flexibility index (Phi) is 4.91. The van der Waals surface area contributed by atoms with Crippen LogP contribution in [0.4, 0.5) is 10.1 Å². The van der Waals surface area contributed by atoms with E-state index in [0.29, 0.717) is 22.4 Å². The highest BCUT2D eigenvalue weighted by atomic mass is 32.2. The van der Waals surface area contributed by atoms with E-state index in [1.54, 1.807) is 60.7 Å². The second-order valence-electron chi connectivity index (χ2n) is 7.68. The zero-order valence-corrected chi connectivity index (χ0v) is 18.1. The predicted octanol–water partition coefficient (Wildman–Crippen LogP) is 4.35. The van der Waals surface area contributed by atoms with E-state index in [2.05, 4.69) is 0 Å². The second-order valence-corrected chi connectivity index (χ2v) is 9.51. The van der Waals surface area contributed by atoms with Crippen molar-refractivity contribution in [2.75, 3.05) is 4.31 Å². The Bertz CT molecular complexity index is 1460. The first-order valence-electron chi connectivity index (χ1n) is 10.1. The van der Waals surface area contributed by atoms with Gasteiger partial charge >= 0.3 is 0 Å². The van der Waals surface area contributed by atoms with Gasteiger partial charge in [0.15, 0.2) is 5.76 Å². The third-order valence-electron chi connectivity index (χ3n) is 5.73. The van der Waals surface area contributed by atoms with Crippen molar-refractivity contribution in [1.29, 1.82) is 5.26 Å². The molecule has 0 amide bonds. The van der Waals surface area contributed by atoms with Crippen LogP contribution < -0.4 is 10.0 Å². The minimum Gasteiger partial charge on any atom is -0.439 e. The van der Waals surface area contributed by atoms with Crippen LogP contribution in [-0.2, 0) is 21.3 Å². The highest BCUT2D eigenvalue weighted by Gasteiger charge is 2.47. The summed E-state index contributed by atoms with van der Waals surface area (Å²) in [5.41, 5.74) is 8.32. The number of nitrogens with zero attached hydrogens (tertiary/aromatic N) is 2. The van der Waals surface area contributed by atoms with Crippen LogP contribution in [0, 0.1) is 17.1 Å². The molecule has 1 atom stereocenters. The Morgan fingerprint density at radius 2 is 1.67 bits per heavy atom. The summed E-state index contributed by atoms with van der Waals surface area (Å²) in [7, 11) is -4.16. The molecule has 1 unspecified atom stereocenters. The lowest BCUT2D eigenvalue weighted by Gasteiger charge is -2.38. The van der Waals surface area contributed by atoms with Crippen molar-refractivity contribution < 1.29 is 17.5 Å². The van der Waals surface area contributed by atoms with Crippen molar-refractivity contribution in [3.63, 3.8) is 0 Å². The number of allylic oxidation sites excluding steroid dienone is 2. The molecule has 6 nitrogen and oxygen atoms in total. The average molecular weight is 460 g/mol. The van der Waals surface area contributed by atoms with Gasteiger partial charge in [0.1, 0.15) is 22.4 Å². The lowest BCUT2D eigenvalue weighted by Crippen LogP contribution is -2.39. The normalized spacial score (nSPS) is 18.8. The third kappa shape index (κ3) is 3.34. The van der Waals surface area contributed by atoms with Gasteiger partial charge in [-0.25, -0.2) is 12.8 Å². The number of benzene rings is 3. The first-order valence-corrected chi connectivity index (χ1v) is 11.6. The van der Waals surface area contributed by atoms with Gasteiger partial charge in [-0.1, -0.05) is 54.6 Å². The minimum absolute atomic E-state index is 0.0149. The fraction of sp³-hybridized carbons (Fsp3) is 0.0800. The summed E-state index contributed by atoms with van der Waals surface area (Å²) in [5.74, 6) is -1.34. The maximum absolute atomic E-state index is 14.1. The lowest BCUT2D eigenvalue weighted by atomic mass is 9.88. The molecule has 0 aromatic heterocycles. The number of nitriles is 1. The molecule has 0 aliphatic carbocycles. The minimum atomic E-state index is -4.16. The summed E-state index contributed by atoms with van der Waals surface area (Å²) in [6, 6.07) is 23.5. The van der Waals surface area contributed by atoms with Crippen LogP contribution in [0.15, 0.2) is 95.2 Å². The molecule has 8 heteroatoms. The molecule has 2 aliphatic heterocycles. The number of nitrogens with two attached hydrogens (primary N) is 1. The molecule has 0 fully saturated rings. The Balaban J connectivity index is 1.75. The maximum Gasteiger partial charge on any atom is 0.265 e. The van der Waals surface area contributed by atoms with Crippen molar-refractivity contribution in [1.82, 2.24) is 0 Å². The molecule has 3 aromatic carbocycles. The number of hydrogen-bond donors (Lipinski definition) is 1. The number of para-hydroxylation sites is 1. The number of sulfonamides is 1. The Morgan fingerprint density at radius 1 is 1.00 bits per heavy atom. The standard InChI is InChI=1S/C25H18FN3O3S/c26-18-12-10-16(11-13-18)15-29-21-9-5-4-8-19(21)23-24(33(29,30)31)22(17-6-2-1-3-7-17)20(14-27)25(28)32-23/h1-13,22H,15,28H2. The molecule has 33 heavy (non-hydrogen) atoms. The molecule has 2 N–H and O–H groups in total. The Hall–Kier alpha value is -4.09. The van der Waals surface area contributed by atoms with Crippen LogP contribution in [0.3, 0.4) is 0 Å². The van der Waals surface area contributed by atoms with Gasteiger partial charge in [0.05, 0.1) is 18.2 Å². The van der Waals surface area contributed by atoms with Gasteiger partial charge in [-0.15, -0.1) is 0 Å². The predicted molar refractivity (Wildman–Crippen MR) is 122 cm³/mol. The zero-order chi connectivity index (χ0) is 23.2. The van der Waals surface area contributed by atoms with Crippen molar-refractivity contribution in [3.8, 4) is 6.07 Å². The summed E-state index contributed by atoms with van der Waals surface area (Å²) >= 11 is 0. The van der Waals surface area contributed by atoms with Crippen molar-refractivity contribution in [3.05, 3.63) is 118 Å². The van der Waals surface area contributed by atoms with Gasteiger partial charge < -0.3 is 10.5 Å². The highest BCUT2D eigenvalue weighted by Crippen LogP contribution is 2.51. The van der Waals surface area contributed by atoms with Crippen molar-refractivity contribution in [2.24, 2.45) is 5.73 Å². The summed E-state index contributed by atoms with van der Waals surface area (Å²) in [6.07, 6.45) is 0. The van der Waals surface area contributed by atoms with Gasteiger partial charge in [-0.05, 0) is 35.4 Å². The second kappa shape index (κ2) is 7.80. The van der Waals surface area contributed by atoms with Gasteiger partial charge in [0.25, 0.3) is 10.0 Å². The molecule has 0 saturated carbocycles. The van der Waals surface area contributed by atoms with Crippen LogP contribution in [-0.4, -0.2) is 8.42 Å². The summed E-state index contributed by atoms with van der Waals surface area (Å²) < 4.78 is 48.6. The van der Waals surface area contributed by atoms with Gasteiger partial charge in [-0.3, -0.25) is 4.31 Å². The first-order chi connectivity index (χ1) is 15.9. The number of halogens is 1. The fourth-order valence-corrected chi connectivity index (χ4v) is 6.13. The van der Waals surface area contributed by atoms with Crippen molar-refractivity contribution in [2.45, 2.75) is 12.5 Å². The van der Waals surface area contributed by atoms with E-state index in [4.69, 9.17) is 10.5 Å². The van der Waals surface area contributed by atoms with Crippen LogP contribution in [0.2, 0.25) is 0 Å². The molecule has 164 valence electrons. The molecule has 2 heterocycles. The lowest BCUT2D eigenvalue weighted by molar-refractivity contribution is 0.357. The number of hydrogen-bond acceptors (Lipinski definition) is 5. The number of fused-ring (bicyclic) bond motifs is 2. The van der Waals surface area contributed by atoms with E-state index in [9.17, 15) is 18.1 Å². The van der Waals surface area contributed by atoms with Crippen molar-refractivity contribution >= 4 is 21.5 Å². The Labute approximate surface area is 190 Å². The quantitative estimate of drug-likeness (QED) is 0.628. The number of anilines is 1. The summed E-state index contributed by atoms with van der Waals surface area (Å²) in [6.45, 7) is -0.0149. The molecule has 0 saturated heterocycles. The van der Waals surface area contributed by atoms with E-state index in [1.165, 1.54) is 16.4 Å². The Morgan fingerprint density at radius 3 is 2.36 bits per heavy atom. The molecule has 0 radical (unpaired) electrons. The first kappa shape index (κ1) is 20.8. The van der Waals surface area contributed by atoms with E-state index in [0.717, 1.165) is 0 Å². The largest absolute Gasteiger partial charge is 0.439 e. The molecular formula is C25H18FN3O3S. The molecular weight excluding hydrogens is 441 g/mol. The van der Waals surface area contributed by atoms with Gasteiger partial charge in [0, 0.05) is 5.56 Å². The topological polar surface area (TPSA) is 96.4 Å². The molecule has 0 spiro atoms. The summed E-state index contributed by atoms with van der Waals surface area (Å²) in [5, 5.41) is 9.84. The molecule has 0 bridgehead atoms. The average Bonchev–Trinajstić information content (AvgIpc) is 2.82. The van der Waals surface area contributed by atoms with E-state index in [-0.39, 0.29) is 28.7 Å². The molecule has 2 aliphatic rings. The van der Waals surface area contributed by atoms with E-state index in [1.807, 2.05) is 12.1 Å². The summed E-state index contributed by atoms with van der Waals surface area (Å²) in [4.78, 5) is -0.0414. The zero-order valence-electron chi connectivity index (χ0n) is 17.3. The SMILES string of the molecule is N#CC1=C(N)OC2=C(C1c1ccccc1)S(=O)(=O)N(Cc1ccc(F)cc1)c1ccccc12. The van der Waals surface area contributed by atoms with E-state index < -0.39 is 21.8 Å². The van der Waals surface area contributed by atoms with E-state index >= 15 is 0 Å².